The Labute approximate surface area is 143 Å². The number of fused-ring (bicyclic) bond motifs is 1. The number of thiophene rings is 1. The minimum Gasteiger partial charge on any atom is -0.461 e. The van der Waals surface area contributed by atoms with Gasteiger partial charge in [0.2, 0.25) is 0 Å². The first-order valence-corrected chi connectivity index (χ1v) is 8.99. The van der Waals surface area contributed by atoms with Gasteiger partial charge < -0.3 is 14.0 Å². The lowest BCUT2D eigenvalue weighted by Gasteiger charge is -2.18. The van der Waals surface area contributed by atoms with Crippen molar-refractivity contribution in [1.29, 1.82) is 0 Å². The average Bonchev–Trinajstić information content (AvgIpc) is 3.15. The first-order chi connectivity index (χ1) is 11.1. The number of esters is 1. The van der Waals surface area contributed by atoms with E-state index >= 15 is 0 Å². The molecule has 0 fully saturated rings. The lowest BCUT2D eigenvalue weighted by atomic mass is 10.1. The topological polar surface area (TPSA) is 45.3 Å². The summed E-state index contributed by atoms with van der Waals surface area (Å²) in [6.07, 6.45) is 0. The van der Waals surface area contributed by atoms with Gasteiger partial charge in [0.15, 0.2) is 0 Å². The van der Waals surface area contributed by atoms with E-state index in [1.54, 1.807) is 23.3 Å². The number of carbonyl (C=O) groups is 1. The van der Waals surface area contributed by atoms with Gasteiger partial charge >= 0.3 is 5.97 Å². The van der Waals surface area contributed by atoms with Gasteiger partial charge in [0, 0.05) is 12.4 Å². The number of rotatable bonds is 5. The Kier molecular flexibility index (Phi) is 4.63. The van der Waals surface area contributed by atoms with E-state index in [-0.39, 0.29) is 5.97 Å². The third-order valence-electron chi connectivity index (χ3n) is 3.41. The molecule has 4 nitrogen and oxygen atoms in total. The molecule has 2 aromatic heterocycles. The molecule has 120 valence electrons. The van der Waals surface area contributed by atoms with Crippen molar-refractivity contribution in [2.24, 2.45) is 0 Å². The van der Waals surface area contributed by atoms with E-state index in [2.05, 4.69) is 39.8 Å². The molecule has 0 aliphatic rings. The first-order valence-electron chi connectivity index (χ1n) is 7.34. The molecule has 0 radical (unpaired) electrons. The Hall–Kier alpha value is -1.92. The number of aromatic amines is 1. The number of H-pyrrole nitrogens is 1. The molecule has 0 aliphatic carbocycles. The Balaban J connectivity index is 2.00. The molecule has 6 heteroatoms. The van der Waals surface area contributed by atoms with Crippen LogP contribution in [-0.2, 0) is 4.74 Å². The highest BCUT2D eigenvalue weighted by atomic mass is 32.2. The second-order valence-corrected chi connectivity index (χ2v) is 7.55. The van der Waals surface area contributed by atoms with Crippen LogP contribution in [0.5, 0.6) is 0 Å². The SMILES string of the molecule is CCOC(=O)c1cc2cc(C)cc(N(C)Sc3cccs3)c2[nH]1. The lowest BCUT2D eigenvalue weighted by Crippen LogP contribution is -2.07. The summed E-state index contributed by atoms with van der Waals surface area (Å²) in [5, 5.41) is 3.08. The highest BCUT2D eigenvalue weighted by Crippen LogP contribution is 2.35. The minimum absolute atomic E-state index is 0.319. The quantitative estimate of drug-likeness (QED) is 0.529. The smallest absolute Gasteiger partial charge is 0.354 e. The van der Waals surface area contributed by atoms with E-state index in [0.717, 1.165) is 22.2 Å². The number of hydrogen-bond acceptors (Lipinski definition) is 5. The fraction of sp³-hybridized carbons (Fsp3) is 0.235. The highest BCUT2D eigenvalue weighted by molar-refractivity contribution is 8.02. The summed E-state index contributed by atoms with van der Waals surface area (Å²) in [6.45, 7) is 4.24. The highest BCUT2D eigenvalue weighted by Gasteiger charge is 2.15. The Morgan fingerprint density at radius 3 is 2.91 bits per heavy atom. The predicted molar refractivity (Wildman–Crippen MR) is 97.6 cm³/mol. The van der Waals surface area contributed by atoms with Crippen LogP contribution in [-0.4, -0.2) is 24.6 Å². The van der Waals surface area contributed by atoms with E-state index < -0.39 is 0 Å². The number of aromatic nitrogens is 1. The van der Waals surface area contributed by atoms with Crippen molar-refractivity contribution in [3.8, 4) is 0 Å². The van der Waals surface area contributed by atoms with Gasteiger partial charge in [-0.3, -0.25) is 0 Å². The molecule has 0 unspecified atom stereocenters. The Bertz CT molecular complexity index is 825. The summed E-state index contributed by atoms with van der Waals surface area (Å²) in [7, 11) is 2.03. The molecule has 0 bridgehead atoms. The number of anilines is 1. The Morgan fingerprint density at radius 2 is 2.22 bits per heavy atom. The third-order valence-corrected chi connectivity index (χ3v) is 5.37. The zero-order valence-corrected chi connectivity index (χ0v) is 14.9. The van der Waals surface area contributed by atoms with Gasteiger partial charge in [-0.2, -0.15) is 0 Å². The molecule has 0 saturated carbocycles. The molecular formula is C17H18N2O2S2. The molecule has 0 amide bonds. The van der Waals surface area contributed by atoms with Gasteiger partial charge in [-0.1, -0.05) is 6.07 Å². The third kappa shape index (κ3) is 3.38. The van der Waals surface area contributed by atoms with Crippen LogP contribution in [0.3, 0.4) is 0 Å². The van der Waals surface area contributed by atoms with E-state index in [1.807, 2.05) is 26.1 Å². The summed E-state index contributed by atoms with van der Waals surface area (Å²) in [5.74, 6) is -0.319. The van der Waals surface area contributed by atoms with Crippen LogP contribution in [0.25, 0.3) is 10.9 Å². The van der Waals surface area contributed by atoms with Gasteiger partial charge in [-0.15, -0.1) is 11.3 Å². The predicted octanol–water partition coefficient (Wildman–Crippen LogP) is 4.86. The van der Waals surface area contributed by atoms with Crippen molar-refractivity contribution in [2.45, 2.75) is 18.1 Å². The molecule has 1 N–H and O–H groups in total. The fourth-order valence-corrected chi connectivity index (χ4v) is 4.21. The van der Waals surface area contributed by atoms with E-state index in [4.69, 9.17) is 4.74 Å². The number of aryl methyl sites for hydroxylation is 1. The summed E-state index contributed by atoms with van der Waals surface area (Å²) < 4.78 is 8.43. The standard InChI is InChI=1S/C17H18N2O2S2/c1-4-21-17(20)13-10-12-8-11(2)9-14(16(12)18-13)19(3)23-15-6-5-7-22-15/h5-10,18H,4H2,1-3H3. The van der Waals surface area contributed by atoms with Gasteiger partial charge in [-0.05, 0) is 61.0 Å². The molecule has 0 spiro atoms. The molecule has 2 heterocycles. The lowest BCUT2D eigenvalue weighted by molar-refractivity contribution is 0.0520. The van der Waals surface area contributed by atoms with Crippen LogP contribution in [0.4, 0.5) is 5.69 Å². The summed E-state index contributed by atoms with van der Waals surface area (Å²) >= 11 is 3.38. The number of nitrogens with zero attached hydrogens (tertiary/aromatic N) is 1. The number of nitrogens with one attached hydrogen (secondary N) is 1. The molecule has 1 aromatic carbocycles. The Morgan fingerprint density at radius 1 is 1.39 bits per heavy atom. The van der Waals surface area contributed by atoms with Crippen molar-refractivity contribution in [3.05, 3.63) is 47.0 Å². The van der Waals surface area contributed by atoms with Gasteiger partial charge in [0.25, 0.3) is 0 Å². The molecule has 23 heavy (non-hydrogen) atoms. The minimum atomic E-state index is -0.319. The second kappa shape index (κ2) is 6.68. The van der Waals surface area contributed by atoms with Gasteiger partial charge in [0.05, 0.1) is 22.0 Å². The molecule has 0 aliphatic heterocycles. The van der Waals surface area contributed by atoms with Crippen molar-refractivity contribution in [1.82, 2.24) is 4.98 Å². The van der Waals surface area contributed by atoms with E-state index in [9.17, 15) is 4.79 Å². The number of hydrogen-bond donors (Lipinski definition) is 1. The van der Waals surface area contributed by atoms with Gasteiger partial charge in [0.1, 0.15) is 5.69 Å². The fourth-order valence-electron chi connectivity index (χ4n) is 2.44. The molecule has 0 atom stereocenters. The van der Waals surface area contributed by atoms with E-state index in [0.29, 0.717) is 12.3 Å². The van der Waals surface area contributed by atoms with E-state index in [1.165, 1.54) is 4.21 Å². The second-order valence-electron chi connectivity index (χ2n) is 5.17. The number of benzene rings is 1. The number of ether oxygens (including phenoxy) is 1. The summed E-state index contributed by atoms with van der Waals surface area (Å²) in [5.41, 5.74) is 3.64. The number of carbonyl (C=O) groups excluding carboxylic acids is 1. The van der Waals surface area contributed by atoms with Crippen LogP contribution in [0.2, 0.25) is 0 Å². The molecule has 3 rings (SSSR count). The van der Waals surface area contributed by atoms with Crippen LogP contribution in [0.15, 0.2) is 39.9 Å². The maximum atomic E-state index is 12.0. The summed E-state index contributed by atoms with van der Waals surface area (Å²) in [4.78, 5) is 15.2. The zero-order chi connectivity index (χ0) is 16.4. The normalized spacial score (nSPS) is 10.9. The van der Waals surface area contributed by atoms with Gasteiger partial charge in [-0.25, -0.2) is 4.79 Å². The monoisotopic (exact) mass is 346 g/mol. The largest absolute Gasteiger partial charge is 0.461 e. The molecule has 0 saturated heterocycles. The maximum Gasteiger partial charge on any atom is 0.354 e. The van der Waals surface area contributed by atoms with Crippen LogP contribution >= 0.6 is 23.3 Å². The maximum absolute atomic E-state index is 12.0. The van der Waals surface area contributed by atoms with Crippen molar-refractivity contribution in [2.75, 3.05) is 18.0 Å². The molecule has 3 aromatic rings. The summed E-state index contributed by atoms with van der Waals surface area (Å²) in [6, 6.07) is 10.2. The molecular weight excluding hydrogens is 328 g/mol. The van der Waals surface area contributed by atoms with Crippen LogP contribution in [0, 0.1) is 6.92 Å². The van der Waals surface area contributed by atoms with Crippen LogP contribution < -0.4 is 4.31 Å². The average molecular weight is 346 g/mol. The van der Waals surface area contributed by atoms with Crippen molar-refractivity contribution >= 4 is 45.8 Å². The van der Waals surface area contributed by atoms with Crippen molar-refractivity contribution < 1.29 is 9.53 Å². The zero-order valence-electron chi connectivity index (χ0n) is 13.3. The first kappa shape index (κ1) is 16.0. The van der Waals surface area contributed by atoms with Crippen molar-refractivity contribution in [3.63, 3.8) is 0 Å². The van der Waals surface area contributed by atoms with Crippen LogP contribution in [0.1, 0.15) is 23.0 Å².